The van der Waals surface area contributed by atoms with Crippen molar-refractivity contribution in [1.82, 2.24) is 5.32 Å². The van der Waals surface area contributed by atoms with Crippen LogP contribution in [0.4, 0.5) is 0 Å². The summed E-state index contributed by atoms with van der Waals surface area (Å²) in [5.41, 5.74) is 8.46. The van der Waals surface area contributed by atoms with Gasteiger partial charge in [-0.2, -0.15) is 0 Å². The van der Waals surface area contributed by atoms with Crippen molar-refractivity contribution in [1.29, 1.82) is 0 Å². The molecule has 0 aliphatic carbocycles. The van der Waals surface area contributed by atoms with Gasteiger partial charge in [0, 0.05) is 18.2 Å². The maximum Gasteiger partial charge on any atom is 0.125 e. The highest BCUT2D eigenvalue weighted by molar-refractivity contribution is 5.97. The number of amidine groups is 1. The first-order valence-corrected chi connectivity index (χ1v) is 9.52. The summed E-state index contributed by atoms with van der Waals surface area (Å²) in [7, 11) is 0. The van der Waals surface area contributed by atoms with Crippen molar-refractivity contribution in [2.24, 2.45) is 16.6 Å². The molecule has 25 heavy (non-hydrogen) atoms. The lowest BCUT2D eigenvalue weighted by molar-refractivity contribution is -0.0173. The van der Waals surface area contributed by atoms with E-state index in [-0.39, 0.29) is 18.2 Å². The predicted molar refractivity (Wildman–Crippen MR) is 101 cm³/mol. The van der Waals surface area contributed by atoms with E-state index >= 15 is 0 Å². The molecule has 0 spiro atoms. The zero-order chi connectivity index (χ0) is 17.8. The summed E-state index contributed by atoms with van der Waals surface area (Å²) in [6.45, 7) is 9.18. The van der Waals surface area contributed by atoms with Crippen molar-refractivity contribution in [3.63, 3.8) is 0 Å². The minimum absolute atomic E-state index is 0.117. The van der Waals surface area contributed by atoms with E-state index in [1.54, 1.807) is 0 Å². The van der Waals surface area contributed by atoms with E-state index in [0.29, 0.717) is 5.84 Å². The standard InChI is InChI=1S/C20H31N3O2/c1-4-24-14(3)18-7-5-16-10-17(6-8-19(16)25-18)20(21)23-13(2)9-15-11-22-12-15/h6,8,10,13-15,18,22H,4-5,7,9,11-12H2,1-3H3,(H2,21,23). The molecule has 5 nitrogen and oxygen atoms in total. The number of nitrogens with one attached hydrogen (secondary N) is 1. The molecule has 1 aromatic rings. The number of aryl methyl sites for hydroxylation is 1. The van der Waals surface area contributed by atoms with Gasteiger partial charge >= 0.3 is 0 Å². The van der Waals surface area contributed by atoms with E-state index in [1.807, 2.05) is 19.1 Å². The summed E-state index contributed by atoms with van der Waals surface area (Å²) in [6.07, 6.45) is 3.30. The summed E-state index contributed by atoms with van der Waals surface area (Å²) in [5, 5.41) is 3.30. The van der Waals surface area contributed by atoms with E-state index in [2.05, 4.69) is 25.2 Å². The second-order valence-corrected chi connectivity index (χ2v) is 7.30. The highest BCUT2D eigenvalue weighted by Gasteiger charge is 2.25. The zero-order valence-corrected chi connectivity index (χ0v) is 15.6. The topological polar surface area (TPSA) is 68.9 Å². The van der Waals surface area contributed by atoms with Gasteiger partial charge in [-0.05, 0) is 82.8 Å². The van der Waals surface area contributed by atoms with Gasteiger partial charge in [0.1, 0.15) is 17.7 Å². The number of hydrogen-bond donors (Lipinski definition) is 2. The third-order valence-corrected chi connectivity index (χ3v) is 5.19. The summed E-state index contributed by atoms with van der Waals surface area (Å²) in [6, 6.07) is 6.44. The Morgan fingerprint density at radius 1 is 1.40 bits per heavy atom. The molecule has 3 N–H and O–H groups in total. The van der Waals surface area contributed by atoms with Crippen molar-refractivity contribution >= 4 is 5.84 Å². The van der Waals surface area contributed by atoms with Crippen LogP contribution in [0.25, 0.3) is 0 Å². The molecule has 2 aliphatic heterocycles. The van der Waals surface area contributed by atoms with E-state index in [9.17, 15) is 0 Å². The average Bonchev–Trinajstić information content (AvgIpc) is 2.57. The number of benzene rings is 1. The molecule has 1 aromatic carbocycles. The molecule has 1 fully saturated rings. The Morgan fingerprint density at radius 2 is 2.20 bits per heavy atom. The zero-order valence-electron chi connectivity index (χ0n) is 15.6. The predicted octanol–water partition coefficient (Wildman–Crippen LogP) is 2.51. The molecular formula is C20H31N3O2. The van der Waals surface area contributed by atoms with Gasteiger partial charge in [0.2, 0.25) is 0 Å². The molecule has 138 valence electrons. The van der Waals surface area contributed by atoms with Gasteiger partial charge in [0.15, 0.2) is 0 Å². The molecule has 0 bridgehead atoms. The third kappa shape index (κ3) is 4.53. The summed E-state index contributed by atoms with van der Waals surface area (Å²) < 4.78 is 11.8. The van der Waals surface area contributed by atoms with Crippen LogP contribution in [-0.4, -0.2) is 43.8 Å². The van der Waals surface area contributed by atoms with Gasteiger partial charge in [-0.3, -0.25) is 4.99 Å². The van der Waals surface area contributed by atoms with E-state index in [1.165, 1.54) is 5.56 Å². The molecule has 3 unspecified atom stereocenters. The van der Waals surface area contributed by atoms with Crippen LogP contribution in [0.5, 0.6) is 5.75 Å². The number of nitrogens with zero attached hydrogens (tertiary/aromatic N) is 1. The minimum Gasteiger partial charge on any atom is -0.487 e. The van der Waals surface area contributed by atoms with Gasteiger partial charge in [0.25, 0.3) is 0 Å². The minimum atomic E-state index is 0.117. The first-order chi connectivity index (χ1) is 12.1. The molecule has 0 aromatic heterocycles. The smallest absolute Gasteiger partial charge is 0.125 e. The quantitative estimate of drug-likeness (QED) is 0.588. The molecule has 0 radical (unpaired) electrons. The molecule has 2 aliphatic rings. The van der Waals surface area contributed by atoms with Crippen molar-refractivity contribution in [2.75, 3.05) is 19.7 Å². The normalized spacial score (nSPS) is 23.3. The first-order valence-electron chi connectivity index (χ1n) is 9.52. The Hall–Kier alpha value is -1.59. The molecule has 2 heterocycles. The van der Waals surface area contributed by atoms with Crippen LogP contribution in [0.3, 0.4) is 0 Å². The van der Waals surface area contributed by atoms with Crippen LogP contribution in [0.1, 0.15) is 44.7 Å². The van der Waals surface area contributed by atoms with Crippen LogP contribution in [-0.2, 0) is 11.2 Å². The van der Waals surface area contributed by atoms with Crippen LogP contribution in [0.2, 0.25) is 0 Å². The Morgan fingerprint density at radius 3 is 2.88 bits per heavy atom. The molecule has 0 saturated carbocycles. The van der Waals surface area contributed by atoms with Crippen molar-refractivity contribution < 1.29 is 9.47 Å². The lowest BCUT2D eigenvalue weighted by Gasteiger charge is -2.30. The fourth-order valence-corrected chi connectivity index (χ4v) is 3.63. The molecule has 0 amide bonds. The van der Waals surface area contributed by atoms with Crippen LogP contribution >= 0.6 is 0 Å². The number of nitrogens with two attached hydrogens (primary N) is 1. The Kier molecular flexibility index (Phi) is 5.97. The SMILES string of the molecule is CCOC(C)C1CCc2cc(C(N)=NC(C)CC3CNC3)ccc2O1. The molecule has 3 atom stereocenters. The van der Waals surface area contributed by atoms with Crippen molar-refractivity contribution in [3.05, 3.63) is 29.3 Å². The summed E-state index contributed by atoms with van der Waals surface area (Å²) >= 11 is 0. The maximum atomic E-state index is 6.25. The van der Waals surface area contributed by atoms with Crippen molar-refractivity contribution in [2.45, 2.75) is 58.3 Å². The van der Waals surface area contributed by atoms with Crippen molar-refractivity contribution in [3.8, 4) is 5.75 Å². The van der Waals surface area contributed by atoms with Gasteiger partial charge in [-0.1, -0.05) is 0 Å². The van der Waals surface area contributed by atoms with Crippen LogP contribution in [0.15, 0.2) is 23.2 Å². The Balaban J connectivity index is 1.65. The molecule has 3 rings (SSSR count). The fourth-order valence-electron chi connectivity index (χ4n) is 3.63. The lowest BCUT2D eigenvalue weighted by atomic mass is 9.95. The number of fused-ring (bicyclic) bond motifs is 1. The van der Waals surface area contributed by atoms with E-state index < -0.39 is 0 Å². The van der Waals surface area contributed by atoms with Crippen LogP contribution in [0, 0.1) is 5.92 Å². The van der Waals surface area contributed by atoms with Gasteiger partial charge < -0.3 is 20.5 Å². The highest BCUT2D eigenvalue weighted by atomic mass is 16.5. The molecule has 5 heteroatoms. The second-order valence-electron chi connectivity index (χ2n) is 7.30. The highest BCUT2D eigenvalue weighted by Crippen LogP contribution is 2.30. The summed E-state index contributed by atoms with van der Waals surface area (Å²) in [5.74, 6) is 2.33. The van der Waals surface area contributed by atoms with Gasteiger partial charge in [-0.15, -0.1) is 0 Å². The Labute approximate surface area is 151 Å². The molecule has 1 saturated heterocycles. The van der Waals surface area contributed by atoms with Crippen LogP contribution < -0.4 is 15.8 Å². The average molecular weight is 345 g/mol. The summed E-state index contributed by atoms with van der Waals surface area (Å²) in [4.78, 5) is 4.69. The van der Waals surface area contributed by atoms with E-state index in [4.69, 9.17) is 20.2 Å². The fraction of sp³-hybridized carbons (Fsp3) is 0.650. The molecular weight excluding hydrogens is 314 g/mol. The monoisotopic (exact) mass is 345 g/mol. The number of ether oxygens (including phenoxy) is 2. The largest absolute Gasteiger partial charge is 0.487 e. The second kappa shape index (κ2) is 8.19. The number of hydrogen-bond acceptors (Lipinski definition) is 4. The number of aliphatic imine (C=N–C) groups is 1. The first kappa shape index (κ1) is 18.2. The van der Waals surface area contributed by atoms with Gasteiger partial charge in [0.05, 0.1) is 6.10 Å². The van der Waals surface area contributed by atoms with E-state index in [0.717, 1.165) is 56.2 Å². The maximum absolute atomic E-state index is 6.25. The Bertz CT molecular complexity index is 613. The lowest BCUT2D eigenvalue weighted by Crippen LogP contribution is -2.43. The van der Waals surface area contributed by atoms with Gasteiger partial charge in [-0.25, -0.2) is 0 Å². The third-order valence-electron chi connectivity index (χ3n) is 5.19. The number of rotatable bonds is 7.